The Balaban J connectivity index is 1.30. The molecule has 2 saturated heterocycles. The van der Waals surface area contributed by atoms with E-state index in [0.717, 1.165) is 63.7 Å². The van der Waals surface area contributed by atoms with E-state index in [1.54, 1.807) is 24.5 Å². The largest absolute Gasteiger partial charge is 0.396 e. The van der Waals surface area contributed by atoms with Crippen LogP contribution >= 0.6 is 0 Å². The molecule has 2 aromatic rings. The molecule has 3 heterocycles. The van der Waals surface area contributed by atoms with E-state index in [1.165, 1.54) is 6.07 Å². The molecule has 0 spiro atoms. The number of benzene rings is 1. The number of aliphatic hydroxyl groups is 1. The quantitative estimate of drug-likeness (QED) is 0.723. The molecule has 1 amide bonds. The smallest absolute Gasteiger partial charge is 0.238 e. The Labute approximate surface area is 181 Å². The zero-order valence-corrected chi connectivity index (χ0v) is 17.6. The average Bonchev–Trinajstić information content (AvgIpc) is 2.81. The third kappa shape index (κ3) is 5.48. The van der Waals surface area contributed by atoms with Crippen molar-refractivity contribution in [3.8, 4) is 0 Å². The van der Waals surface area contributed by atoms with Gasteiger partial charge in [-0.3, -0.25) is 9.69 Å². The number of nitrogens with zero attached hydrogens (tertiary/aromatic N) is 5. The second kappa shape index (κ2) is 10.0. The highest BCUT2D eigenvalue weighted by Gasteiger charge is 2.23. The Hall–Kier alpha value is -2.78. The van der Waals surface area contributed by atoms with Crippen LogP contribution in [-0.4, -0.2) is 78.3 Å². The lowest BCUT2D eigenvalue weighted by molar-refractivity contribution is -0.117. The second-order valence-electron chi connectivity index (χ2n) is 8.16. The zero-order chi connectivity index (χ0) is 21.6. The summed E-state index contributed by atoms with van der Waals surface area (Å²) in [5.74, 6) is 1.43. The molecular formula is C22H29FN6O2. The summed E-state index contributed by atoms with van der Waals surface area (Å²) < 4.78 is 13.7. The second-order valence-corrected chi connectivity index (χ2v) is 8.16. The summed E-state index contributed by atoms with van der Waals surface area (Å²) in [4.78, 5) is 27.6. The Morgan fingerprint density at radius 2 is 1.84 bits per heavy atom. The monoisotopic (exact) mass is 428 g/mol. The van der Waals surface area contributed by atoms with Crippen LogP contribution in [0.5, 0.6) is 0 Å². The van der Waals surface area contributed by atoms with E-state index < -0.39 is 5.82 Å². The van der Waals surface area contributed by atoms with E-state index in [-0.39, 0.29) is 24.7 Å². The van der Waals surface area contributed by atoms with Crippen molar-refractivity contribution < 1.29 is 14.3 Å². The van der Waals surface area contributed by atoms with Crippen LogP contribution in [0.1, 0.15) is 12.8 Å². The molecule has 1 aromatic heterocycles. The van der Waals surface area contributed by atoms with E-state index in [4.69, 9.17) is 0 Å². The topological polar surface area (TPSA) is 84.8 Å². The molecule has 2 aliphatic heterocycles. The molecule has 0 saturated carbocycles. The normalized spacial score (nSPS) is 20.0. The van der Waals surface area contributed by atoms with Crippen molar-refractivity contribution in [3.63, 3.8) is 0 Å². The Morgan fingerprint density at radius 3 is 2.58 bits per heavy atom. The van der Waals surface area contributed by atoms with Gasteiger partial charge in [-0.05, 0) is 30.9 Å². The molecule has 1 atom stereocenters. The fourth-order valence-electron chi connectivity index (χ4n) is 4.20. The minimum Gasteiger partial charge on any atom is -0.396 e. The number of piperidine rings is 1. The molecule has 31 heavy (non-hydrogen) atoms. The van der Waals surface area contributed by atoms with Gasteiger partial charge in [-0.25, -0.2) is 14.4 Å². The fraction of sp³-hybridized carbons (Fsp3) is 0.500. The van der Waals surface area contributed by atoms with Gasteiger partial charge in [0.1, 0.15) is 23.8 Å². The first-order valence-electron chi connectivity index (χ1n) is 10.8. The average molecular weight is 429 g/mol. The van der Waals surface area contributed by atoms with Crippen LogP contribution in [0.2, 0.25) is 0 Å². The molecule has 8 nitrogen and oxygen atoms in total. The first kappa shape index (κ1) is 21.5. The third-order valence-corrected chi connectivity index (χ3v) is 5.95. The maximum atomic E-state index is 13.7. The number of anilines is 3. The van der Waals surface area contributed by atoms with Crippen molar-refractivity contribution in [1.29, 1.82) is 0 Å². The van der Waals surface area contributed by atoms with Crippen molar-refractivity contribution in [3.05, 3.63) is 42.5 Å². The van der Waals surface area contributed by atoms with E-state index in [0.29, 0.717) is 5.92 Å². The number of rotatable bonds is 6. The lowest BCUT2D eigenvalue weighted by Crippen LogP contribution is -2.49. The van der Waals surface area contributed by atoms with Crippen molar-refractivity contribution in [2.45, 2.75) is 12.8 Å². The molecule has 0 aliphatic carbocycles. The maximum Gasteiger partial charge on any atom is 0.238 e. The lowest BCUT2D eigenvalue weighted by Gasteiger charge is -2.36. The number of carbonyl (C=O) groups is 1. The van der Waals surface area contributed by atoms with Crippen LogP contribution < -0.4 is 15.1 Å². The van der Waals surface area contributed by atoms with E-state index >= 15 is 0 Å². The number of halogens is 1. The van der Waals surface area contributed by atoms with E-state index in [1.807, 2.05) is 6.07 Å². The fourth-order valence-corrected chi connectivity index (χ4v) is 4.20. The molecule has 1 aromatic carbocycles. The highest BCUT2D eigenvalue weighted by molar-refractivity contribution is 5.92. The first-order chi connectivity index (χ1) is 15.1. The summed E-state index contributed by atoms with van der Waals surface area (Å²) in [6.07, 6.45) is 3.71. The number of amides is 1. The van der Waals surface area contributed by atoms with Gasteiger partial charge >= 0.3 is 0 Å². The molecule has 2 N–H and O–H groups in total. The number of nitrogens with one attached hydrogen (secondary N) is 1. The molecule has 0 radical (unpaired) electrons. The highest BCUT2D eigenvalue weighted by atomic mass is 19.1. The van der Waals surface area contributed by atoms with Crippen molar-refractivity contribution >= 4 is 23.2 Å². The van der Waals surface area contributed by atoms with Gasteiger partial charge in [-0.2, -0.15) is 0 Å². The lowest BCUT2D eigenvalue weighted by atomic mass is 9.99. The van der Waals surface area contributed by atoms with Crippen LogP contribution in [-0.2, 0) is 4.79 Å². The van der Waals surface area contributed by atoms with Crippen LogP contribution in [0.25, 0.3) is 0 Å². The number of aliphatic hydroxyl groups excluding tert-OH is 1. The van der Waals surface area contributed by atoms with Crippen molar-refractivity contribution in [2.24, 2.45) is 5.92 Å². The van der Waals surface area contributed by atoms with E-state index in [2.05, 4.69) is 30.0 Å². The minimum absolute atomic E-state index is 0.209. The zero-order valence-electron chi connectivity index (χ0n) is 17.6. The standard InChI is InChI=1S/C22H29FN6O2/c23-18-5-1-2-6-19(18)26-22(31)14-27-8-10-28(11-9-27)20-12-21(25-16-24-20)29-7-3-4-17(13-29)15-30/h1-2,5-6,12,16-17,30H,3-4,7-11,13-15H2,(H,26,31). The van der Waals surface area contributed by atoms with Crippen molar-refractivity contribution in [1.82, 2.24) is 14.9 Å². The van der Waals surface area contributed by atoms with Gasteiger partial charge in [0, 0.05) is 51.9 Å². The van der Waals surface area contributed by atoms with Crippen LogP contribution in [0.4, 0.5) is 21.7 Å². The molecule has 0 bridgehead atoms. The predicted octanol–water partition coefficient (Wildman–Crippen LogP) is 1.59. The molecule has 2 fully saturated rings. The predicted molar refractivity (Wildman–Crippen MR) is 118 cm³/mol. The van der Waals surface area contributed by atoms with Gasteiger partial charge in [0.05, 0.1) is 12.2 Å². The van der Waals surface area contributed by atoms with Crippen molar-refractivity contribution in [2.75, 3.05) is 67.5 Å². The summed E-state index contributed by atoms with van der Waals surface area (Å²) in [6.45, 7) is 5.15. The number of hydrogen-bond acceptors (Lipinski definition) is 7. The molecule has 1 unspecified atom stereocenters. The van der Waals surface area contributed by atoms with Crippen LogP contribution in [0, 0.1) is 11.7 Å². The third-order valence-electron chi connectivity index (χ3n) is 5.95. The molecule has 4 rings (SSSR count). The summed E-state index contributed by atoms with van der Waals surface area (Å²) in [7, 11) is 0. The number of carbonyl (C=O) groups excluding carboxylic acids is 1. The Kier molecular flexibility index (Phi) is 6.93. The number of para-hydroxylation sites is 1. The summed E-state index contributed by atoms with van der Waals surface area (Å²) in [6, 6.07) is 8.20. The number of piperazine rings is 1. The number of hydrogen-bond donors (Lipinski definition) is 2. The molecule has 166 valence electrons. The van der Waals surface area contributed by atoms with Gasteiger partial charge < -0.3 is 20.2 Å². The van der Waals surface area contributed by atoms with Gasteiger partial charge in [-0.1, -0.05) is 12.1 Å². The van der Waals surface area contributed by atoms with Gasteiger partial charge in [-0.15, -0.1) is 0 Å². The number of aromatic nitrogens is 2. The first-order valence-corrected chi connectivity index (χ1v) is 10.8. The highest BCUT2D eigenvalue weighted by Crippen LogP contribution is 2.24. The summed E-state index contributed by atoms with van der Waals surface area (Å²) >= 11 is 0. The van der Waals surface area contributed by atoms with E-state index in [9.17, 15) is 14.3 Å². The van der Waals surface area contributed by atoms with Gasteiger partial charge in [0.15, 0.2) is 0 Å². The minimum atomic E-state index is -0.431. The van der Waals surface area contributed by atoms with Gasteiger partial charge in [0.25, 0.3) is 0 Å². The van der Waals surface area contributed by atoms with Crippen LogP contribution in [0.3, 0.4) is 0 Å². The molecular weight excluding hydrogens is 399 g/mol. The summed E-state index contributed by atoms with van der Waals surface area (Å²) in [5, 5.41) is 12.1. The summed E-state index contributed by atoms with van der Waals surface area (Å²) in [5.41, 5.74) is 0.209. The Bertz CT molecular complexity index is 890. The molecule has 2 aliphatic rings. The molecule has 9 heteroatoms. The van der Waals surface area contributed by atoms with Gasteiger partial charge in [0.2, 0.25) is 5.91 Å². The Morgan fingerprint density at radius 1 is 1.10 bits per heavy atom. The SMILES string of the molecule is O=C(CN1CCN(c2cc(N3CCCC(CO)C3)ncn2)CC1)Nc1ccccc1F. The van der Waals surface area contributed by atoms with Crippen LogP contribution in [0.15, 0.2) is 36.7 Å². The maximum absolute atomic E-state index is 13.7.